The highest BCUT2D eigenvalue weighted by molar-refractivity contribution is 6.30. The average Bonchev–Trinajstić information content (AvgIpc) is 2.41. The van der Waals surface area contributed by atoms with E-state index in [1.54, 1.807) is 38.1 Å². The molecule has 0 saturated heterocycles. The van der Waals surface area contributed by atoms with Gasteiger partial charge in [0.05, 0.1) is 12.7 Å². The molecule has 0 aliphatic heterocycles. The summed E-state index contributed by atoms with van der Waals surface area (Å²) in [5, 5.41) is 12.9. The molecular formula is C15H22ClNO4. The van der Waals surface area contributed by atoms with Gasteiger partial charge in [-0.25, -0.2) is 0 Å². The molecule has 1 aromatic rings. The maximum Gasteiger partial charge on any atom is 0.263 e. The zero-order chi connectivity index (χ0) is 15.9. The predicted molar refractivity (Wildman–Crippen MR) is 81.7 cm³/mol. The van der Waals surface area contributed by atoms with Crippen LogP contribution in [-0.2, 0) is 9.53 Å². The summed E-state index contributed by atoms with van der Waals surface area (Å²) in [5.74, 6) is 0.320. The van der Waals surface area contributed by atoms with Gasteiger partial charge in [0, 0.05) is 18.7 Å². The van der Waals surface area contributed by atoms with Crippen molar-refractivity contribution in [3.05, 3.63) is 29.3 Å². The van der Waals surface area contributed by atoms with Crippen LogP contribution in [-0.4, -0.2) is 43.0 Å². The molecular weight excluding hydrogens is 294 g/mol. The summed E-state index contributed by atoms with van der Waals surface area (Å²) in [6.07, 6.45) is -0.160. The number of halogens is 1. The van der Waals surface area contributed by atoms with Crippen LogP contribution in [0.5, 0.6) is 5.75 Å². The second kappa shape index (κ2) is 8.22. The van der Waals surface area contributed by atoms with E-state index in [9.17, 15) is 9.90 Å². The monoisotopic (exact) mass is 315 g/mol. The number of ether oxygens (including phenoxy) is 2. The molecule has 5 nitrogen and oxygen atoms in total. The summed E-state index contributed by atoms with van der Waals surface area (Å²) in [5.41, 5.74) is -1.01. The van der Waals surface area contributed by atoms with E-state index in [1.807, 2.05) is 0 Å². The van der Waals surface area contributed by atoms with Gasteiger partial charge < -0.3 is 19.9 Å². The Labute approximate surface area is 130 Å². The Balaban J connectivity index is 2.45. The molecule has 0 radical (unpaired) electrons. The Kier molecular flexibility index (Phi) is 6.95. The van der Waals surface area contributed by atoms with E-state index in [4.69, 9.17) is 21.1 Å². The summed E-state index contributed by atoms with van der Waals surface area (Å²) < 4.78 is 10.5. The SMILES string of the molecule is COCC(O)CCNC(=O)C(C)(C)Oc1ccc(Cl)cc1. The smallest absolute Gasteiger partial charge is 0.263 e. The van der Waals surface area contributed by atoms with Gasteiger partial charge in [0.2, 0.25) is 0 Å². The molecule has 0 aliphatic carbocycles. The summed E-state index contributed by atoms with van der Waals surface area (Å²) in [7, 11) is 1.52. The molecule has 6 heteroatoms. The van der Waals surface area contributed by atoms with E-state index in [2.05, 4.69) is 5.32 Å². The molecule has 0 bridgehead atoms. The Morgan fingerprint density at radius 2 is 2.00 bits per heavy atom. The van der Waals surface area contributed by atoms with Crippen LogP contribution in [0.2, 0.25) is 5.02 Å². The third-order valence-corrected chi connectivity index (χ3v) is 3.11. The van der Waals surface area contributed by atoms with Gasteiger partial charge in [-0.2, -0.15) is 0 Å². The summed E-state index contributed by atoms with van der Waals surface area (Å²) in [6, 6.07) is 6.82. The van der Waals surface area contributed by atoms with Crippen LogP contribution in [0.15, 0.2) is 24.3 Å². The first-order chi connectivity index (χ1) is 9.85. The lowest BCUT2D eigenvalue weighted by Crippen LogP contribution is -2.47. The maximum absolute atomic E-state index is 12.1. The molecule has 1 rings (SSSR count). The molecule has 118 valence electrons. The minimum atomic E-state index is -1.01. The standard InChI is InChI=1S/C15H22ClNO4/c1-15(2,21-13-6-4-11(16)5-7-13)14(19)17-9-8-12(18)10-20-3/h4-7,12,18H,8-10H2,1-3H3,(H,17,19). The number of hydrogen-bond acceptors (Lipinski definition) is 4. The Bertz CT molecular complexity index is 447. The first kappa shape index (κ1) is 17.8. The third-order valence-electron chi connectivity index (χ3n) is 2.86. The molecule has 0 fully saturated rings. The van der Waals surface area contributed by atoms with Crippen molar-refractivity contribution >= 4 is 17.5 Å². The zero-order valence-electron chi connectivity index (χ0n) is 12.6. The first-order valence-electron chi connectivity index (χ1n) is 6.75. The quantitative estimate of drug-likeness (QED) is 0.770. The summed E-state index contributed by atoms with van der Waals surface area (Å²) in [6.45, 7) is 3.97. The molecule has 0 heterocycles. The van der Waals surface area contributed by atoms with Gasteiger partial charge in [0.25, 0.3) is 5.91 Å². The van der Waals surface area contributed by atoms with Crippen molar-refractivity contribution in [2.24, 2.45) is 0 Å². The molecule has 0 saturated carbocycles. The molecule has 0 aliphatic rings. The highest BCUT2D eigenvalue weighted by Gasteiger charge is 2.29. The number of rotatable bonds is 8. The van der Waals surface area contributed by atoms with Crippen LogP contribution in [0.25, 0.3) is 0 Å². The van der Waals surface area contributed by atoms with Crippen LogP contribution in [0, 0.1) is 0 Å². The fraction of sp³-hybridized carbons (Fsp3) is 0.533. The van der Waals surface area contributed by atoms with Gasteiger partial charge in [0.15, 0.2) is 5.60 Å². The van der Waals surface area contributed by atoms with E-state index >= 15 is 0 Å². The van der Waals surface area contributed by atoms with Crippen LogP contribution < -0.4 is 10.1 Å². The number of amides is 1. The Morgan fingerprint density at radius 3 is 2.57 bits per heavy atom. The van der Waals surface area contributed by atoms with Crippen LogP contribution in [0.1, 0.15) is 20.3 Å². The van der Waals surface area contributed by atoms with Crippen molar-refractivity contribution in [2.45, 2.75) is 32.0 Å². The van der Waals surface area contributed by atoms with E-state index in [1.165, 1.54) is 7.11 Å². The molecule has 1 unspecified atom stereocenters. The fourth-order valence-electron chi connectivity index (χ4n) is 1.68. The van der Waals surface area contributed by atoms with E-state index < -0.39 is 11.7 Å². The second-order valence-electron chi connectivity index (χ2n) is 5.22. The van der Waals surface area contributed by atoms with E-state index in [0.717, 1.165) is 0 Å². The lowest BCUT2D eigenvalue weighted by atomic mass is 10.1. The third kappa shape index (κ3) is 6.33. The van der Waals surface area contributed by atoms with Crippen molar-refractivity contribution in [3.63, 3.8) is 0 Å². The molecule has 1 atom stereocenters. The Hall–Kier alpha value is -1.30. The number of aliphatic hydroxyl groups excluding tert-OH is 1. The van der Waals surface area contributed by atoms with Gasteiger partial charge in [-0.15, -0.1) is 0 Å². The van der Waals surface area contributed by atoms with Gasteiger partial charge in [-0.3, -0.25) is 4.79 Å². The summed E-state index contributed by atoms with van der Waals surface area (Å²) in [4.78, 5) is 12.1. The van der Waals surface area contributed by atoms with Crippen molar-refractivity contribution < 1.29 is 19.4 Å². The molecule has 0 spiro atoms. The predicted octanol–water partition coefficient (Wildman–Crippen LogP) is 2.01. The number of hydrogen-bond donors (Lipinski definition) is 2. The number of carbonyl (C=O) groups is 1. The highest BCUT2D eigenvalue weighted by atomic mass is 35.5. The minimum Gasteiger partial charge on any atom is -0.478 e. The fourth-order valence-corrected chi connectivity index (χ4v) is 1.81. The van der Waals surface area contributed by atoms with E-state index in [-0.39, 0.29) is 12.5 Å². The molecule has 0 aromatic heterocycles. The van der Waals surface area contributed by atoms with Crippen molar-refractivity contribution in [1.82, 2.24) is 5.32 Å². The van der Waals surface area contributed by atoms with Crippen LogP contribution in [0.4, 0.5) is 0 Å². The molecule has 1 aromatic carbocycles. The number of methoxy groups -OCH3 is 1. The number of nitrogens with one attached hydrogen (secondary N) is 1. The minimum absolute atomic E-state index is 0.248. The number of aliphatic hydroxyl groups is 1. The molecule has 1 amide bonds. The van der Waals surface area contributed by atoms with Crippen molar-refractivity contribution in [1.29, 1.82) is 0 Å². The largest absolute Gasteiger partial charge is 0.478 e. The molecule has 2 N–H and O–H groups in total. The topological polar surface area (TPSA) is 67.8 Å². The van der Waals surface area contributed by atoms with Gasteiger partial charge in [-0.1, -0.05) is 11.6 Å². The number of carbonyl (C=O) groups excluding carboxylic acids is 1. The zero-order valence-corrected chi connectivity index (χ0v) is 13.3. The van der Waals surface area contributed by atoms with E-state index in [0.29, 0.717) is 23.7 Å². The van der Waals surface area contributed by atoms with Crippen molar-refractivity contribution in [3.8, 4) is 5.75 Å². The maximum atomic E-state index is 12.1. The second-order valence-corrected chi connectivity index (χ2v) is 5.66. The van der Waals surface area contributed by atoms with Crippen LogP contribution >= 0.6 is 11.6 Å². The lowest BCUT2D eigenvalue weighted by Gasteiger charge is -2.25. The highest BCUT2D eigenvalue weighted by Crippen LogP contribution is 2.20. The van der Waals surface area contributed by atoms with Crippen LogP contribution in [0.3, 0.4) is 0 Å². The molecule has 21 heavy (non-hydrogen) atoms. The van der Waals surface area contributed by atoms with Gasteiger partial charge in [0.1, 0.15) is 5.75 Å². The number of benzene rings is 1. The van der Waals surface area contributed by atoms with Crippen molar-refractivity contribution in [2.75, 3.05) is 20.3 Å². The van der Waals surface area contributed by atoms with Gasteiger partial charge >= 0.3 is 0 Å². The Morgan fingerprint density at radius 1 is 1.38 bits per heavy atom. The first-order valence-corrected chi connectivity index (χ1v) is 7.13. The lowest BCUT2D eigenvalue weighted by molar-refractivity contribution is -0.134. The summed E-state index contributed by atoms with van der Waals surface area (Å²) >= 11 is 5.80. The van der Waals surface area contributed by atoms with Gasteiger partial charge in [-0.05, 0) is 44.5 Å². The normalized spacial score (nSPS) is 12.8. The average molecular weight is 316 g/mol.